The number of amides is 3. The normalized spacial score (nSPS) is 12.3. The molecule has 0 fully saturated rings. The molecule has 2 aromatic rings. The fourth-order valence-corrected chi connectivity index (χ4v) is 2.50. The molecule has 1 aromatic heterocycles. The van der Waals surface area contributed by atoms with E-state index in [-0.39, 0.29) is 10.9 Å². The number of carbonyl (C=O) groups excluding carboxylic acids is 2. The number of nitrogens with one attached hydrogen (secondary N) is 2. The van der Waals surface area contributed by atoms with E-state index in [1.165, 1.54) is 23.9 Å². The van der Waals surface area contributed by atoms with Gasteiger partial charge in [0, 0.05) is 7.05 Å². The Labute approximate surface area is 149 Å². The van der Waals surface area contributed by atoms with Gasteiger partial charge in [-0.05, 0) is 41.6 Å². The number of halogens is 3. The molecular weight excluding hydrogens is 377 g/mol. The number of carbonyl (C=O) groups is 2. The lowest BCUT2D eigenvalue weighted by Gasteiger charge is -2.11. The first-order chi connectivity index (χ1) is 12.2. The van der Waals surface area contributed by atoms with E-state index >= 15 is 0 Å². The highest BCUT2D eigenvalue weighted by Crippen LogP contribution is 2.26. The van der Waals surface area contributed by atoms with Gasteiger partial charge in [-0.1, -0.05) is 11.8 Å². The molecule has 0 bridgehead atoms. The van der Waals surface area contributed by atoms with Crippen LogP contribution < -0.4 is 15.4 Å². The quantitative estimate of drug-likeness (QED) is 0.744. The maximum absolute atomic E-state index is 12.2. The van der Waals surface area contributed by atoms with E-state index in [1.807, 2.05) is 0 Å². The van der Waals surface area contributed by atoms with Crippen molar-refractivity contribution in [1.29, 1.82) is 0 Å². The van der Waals surface area contributed by atoms with Crippen LogP contribution in [0.3, 0.4) is 0 Å². The van der Waals surface area contributed by atoms with Gasteiger partial charge in [0.25, 0.3) is 0 Å². The molecule has 0 radical (unpaired) electrons. The maximum atomic E-state index is 12.2. The fraction of sp³-hybridized carbons (Fsp3) is 0.308. The van der Waals surface area contributed by atoms with Crippen molar-refractivity contribution in [3.05, 3.63) is 24.3 Å². The number of nitrogens with zero attached hydrogens (tertiary/aromatic N) is 4. The maximum Gasteiger partial charge on any atom is 0.573 e. The molecule has 1 heterocycles. The van der Waals surface area contributed by atoms with Gasteiger partial charge < -0.3 is 10.1 Å². The third kappa shape index (κ3) is 5.34. The van der Waals surface area contributed by atoms with Gasteiger partial charge in [-0.3, -0.25) is 10.1 Å². The Kier molecular flexibility index (Phi) is 6.02. The van der Waals surface area contributed by atoms with Gasteiger partial charge in [0.2, 0.25) is 11.1 Å². The monoisotopic (exact) mass is 390 g/mol. The molecule has 1 aromatic carbocycles. The molecule has 2 rings (SSSR count). The Morgan fingerprint density at radius 2 is 1.92 bits per heavy atom. The number of rotatable bonds is 5. The van der Waals surface area contributed by atoms with Gasteiger partial charge in [-0.2, -0.15) is 4.68 Å². The minimum Gasteiger partial charge on any atom is -0.406 e. The average molecular weight is 390 g/mol. The SMILES string of the molecule is CNC(=O)NC(=O)[C@@H](C)Sc1nnnn1-c1ccc(OC(F)(F)F)cc1. The highest BCUT2D eigenvalue weighted by molar-refractivity contribution is 8.00. The molecule has 0 unspecified atom stereocenters. The van der Waals surface area contributed by atoms with E-state index in [2.05, 4.69) is 30.9 Å². The van der Waals surface area contributed by atoms with Crippen LogP contribution in [0.15, 0.2) is 29.4 Å². The number of hydrogen-bond acceptors (Lipinski definition) is 7. The predicted molar refractivity (Wildman–Crippen MR) is 83.8 cm³/mol. The molecule has 26 heavy (non-hydrogen) atoms. The summed E-state index contributed by atoms with van der Waals surface area (Å²) in [6.45, 7) is 1.54. The number of ether oxygens (including phenoxy) is 1. The molecule has 0 aliphatic heterocycles. The predicted octanol–water partition coefficient (Wildman–Crippen LogP) is 1.50. The summed E-state index contributed by atoms with van der Waals surface area (Å²) >= 11 is 0.970. The van der Waals surface area contributed by atoms with E-state index < -0.39 is 23.6 Å². The van der Waals surface area contributed by atoms with Crippen molar-refractivity contribution < 1.29 is 27.5 Å². The first-order valence-electron chi connectivity index (χ1n) is 7.03. The smallest absolute Gasteiger partial charge is 0.406 e. The second-order valence-corrected chi connectivity index (χ2v) is 6.05. The van der Waals surface area contributed by atoms with Crippen LogP contribution in [0.4, 0.5) is 18.0 Å². The summed E-state index contributed by atoms with van der Waals surface area (Å²) in [7, 11) is 1.37. The van der Waals surface area contributed by atoms with Crippen LogP contribution in [-0.4, -0.2) is 50.8 Å². The average Bonchev–Trinajstić information content (AvgIpc) is 3.02. The molecule has 9 nitrogen and oxygen atoms in total. The molecule has 0 aliphatic rings. The third-order valence-electron chi connectivity index (χ3n) is 2.87. The summed E-state index contributed by atoms with van der Waals surface area (Å²) in [6, 6.07) is 4.23. The number of aromatic nitrogens is 4. The van der Waals surface area contributed by atoms with E-state index in [0.29, 0.717) is 5.69 Å². The fourth-order valence-electron chi connectivity index (χ4n) is 1.69. The summed E-state index contributed by atoms with van der Waals surface area (Å²) in [5, 5.41) is 14.9. The van der Waals surface area contributed by atoms with Crippen molar-refractivity contribution >= 4 is 23.7 Å². The molecule has 2 N–H and O–H groups in total. The summed E-state index contributed by atoms with van der Waals surface area (Å²) < 4.78 is 41.6. The van der Waals surface area contributed by atoms with Gasteiger partial charge >= 0.3 is 12.4 Å². The lowest BCUT2D eigenvalue weighted by atomic mass is 10.3. The number of alkyl halides is 3. The zero-order valence-electron chi connectivity index (χ0n) is 13.4. The lowest BCUT2D eigenvalue weighted by Crippen LogP contribution is -2.41. The summed E-state index contributed by atoms with van der Waals surface area (Å²) in [5.74, 6) is -0.945. The molecule has 3 amide bonds. The minimum absolute atomic E-state index is 0.217. The summed E-state index contributed by atoms with van der Waals surface area (Å²) in [6.07, 6.45) is -4.79. The van der Waals surface area contributed by atoms with Gasteiger partial charge in [0.05, 0.1) is 10.9 Å². The number of tetrazole rings is 1. The topological polar surface area (TPSA) is 111 Å². The van der Waals surface area contributed by atoms with Crippen molar-refractivity contribution in [3.63, 3.8) is 0 Å². The van der Waals surface area contributed by atoms with Gasteiger partial charge in [-0.15, -0.1) is 18.3 Å². The van der Waals surface area contributed by atoms with Crippen LogP contribution in [0, 0.1) is 0 Å². The van der Waals surface area contributed by atoms with Crippen molar-refractivity contribution in [2.24, 2.45) is 0 Å². The Morgan fingerprint density at radius 1 is 1.27 bits per heavy atom. The summed E-state index contributed by atoms with van der Waals surface area (Å²) in [5.41, 5.74) is 0.367. The van der Waals surface area contributed by atoms with Crippen LogP contribution in [0.2, 0.25) is 0 Å². The van der Waals surface area contributed by atoms with Gasteiger partial charge in [-0.25, -0.2) is 4.79 Å². The first kappa shape index (κ1) is 19.5. The molecule has 0 spiro atoms. The molecule has 13 heteroatoms. The zero-order valence-corrected chi connectivity index (χ0v) is 14.3. The molecule has 1 atom stereocenters. The van der Waals surface area contributed by atoms with Gasteiger partial charge in [0.15, 0.2) is 0 Å². The van der Waals surface area contributed by atoms with Crippen LogP contribution in [0.25, 0.3) is 5.69 Å². The Balaban J connectivity index is 2.10. The van der Waals surface area contributed by atoms with E-state index in [9.17, 15) is 22.8 Å². The second kappa shape index (κ2) is 8.03. The van der Waals surface area contributed by atoms with Gasteiger partial charge in [0.1, 0.15) is 5.75 Å². The molecule has 0 aliphatic carbocycles. The number of imide groups is 1. The molecule has 0 saturated heterocycles. The van der Waals surface area contributed by atoms with Crippen LogP contribution in [-0.2, 0) is 4.79 Å². The lowest BCUT2D eigenvalue weighted by molar-refractivity contribution is -0.274. The van der Waals surface area contributed by atoms with E-state index in [0.717, 1.165) is 23.9 Å². The molecular formula is C13H13F3N6O3S. The zero-order chi connectivity index (χ0) is 19.3. The van der Waals surface area contributed by atoms with Crippen molar-refractivity contribution in [2.45, 2.75) is 23.7 Å². The Bertz CT molecular complexity index is 780. The second-order valence-electron chi connectivity index (χ2n) is 4.74. The first-order valence-corrected chi connectivity index (χ1v) is 7.91. The van der Waals surface area contributed by atoms with Crippen LogP contribution >= 0.6 is 11.8 Å². The highest BCUT2D eigenvalue weighted by Gasteiger charge is 2.31. The Hall–Kier alpha value is -2.83. The number of benzene rings is 1. The minimum atomic E-state index is -4.79. The van der Waals surface area contributed by atoms with Crippen LogP contribution in [0.5, 0.6) is 5.75 Å². The number of urea groups is 1. The van der Waals surface area contributed by atoms with Crippen LogP contribution in [0.1, 0.15) is 6.92 Å². The van der Waals surface area contributed by atoms with Crippen molar-refractivity contribution in [3.8, 4) is 11.4 Å². The molecule has 0 saturated carbocycles. The Morgan fingerprint density at radius 3 is 2.50 bits per heavy atom. The van der Waals surface area contributed by atoms with Crippen molar-refractivity contribution in [2.75, 3.05) is 7.05 Å². The van der Waals surface area contributed by atoms with Crippen molar-refractivity contribution in [1.82, 2.24) is 30.8 Å². The van der Waals surface area contributed by atoms with E-state index in [1.54, 1.807) is 6.92 Å². The number of thioether (sulfide) groups is 1. The summed E-state index contributed by atoms with van der Waals surface area (Å²) in [4.78, 5) is 23.0. The molecule has 140 valence electrons. The standard InChI is InChI=1S/C13H13F3N6O3S/c1-7(10(23)18-11(24)17-2)26-12-19-20-21-22(12)8-3-5-9(6-4-8)25-13(14,15)16/h3-7H,1-2H3,(H2,17,18,23,24)/t7-/m1/s1. The van der Waals surface area contributed by atoms with E-state index in [4.69, 9.17) is 0 Å². The highest BCUT2D eigenvalue weighted by atomic mass is 32.2. The number of hydrogen-bond donors (Lipinski definition) is 2. The largest absolute Gasteiger partial charge is 0.573 e. The third-order valence-corrected chi connectivity index (χ3v) is 3.90.